The van der Waals surface area contributed by atoms with Crippen molar-refractivity contribution in [2.24, 2.45) is 0 Å². The molecule has 0 aliphatic rings. The second kappa shape index (κ2) is 6.69. The Morgan fingerprint density at radius 3 is 2.88 bits per heavy atom. The number of rotatable bonds is 5. The zero-order chi connectivity index (χ0) is 12.0. The molecule has 1 atom stereocenters. The van der Waals surface area contributed by atoms with Crippen LogP contribution in [0.25, 0.3) is 0 Å². The van der Waals surface area contributed by atoms with E-state index in [1.165, 1.54) is 0 Å². The number of carbonyl (C=O) groups excluding carboxylic acids is 1. The van der Waals surface area contributed by atoms with Crippen molar-refractivity contribution in [1.29, 1.82) is 0 Å². The molecule has 0 spiro atoms. The minimum absolute atomic E-state index is 0.00394. The van der Waals surface area contributed by atoms with Crippen LogP contribution in [-0.4, -0.2) is 17.3 Å². The van der Waals surface area contributed by atoms with Crippen molar-refractivity contribution < 1.29 is 4.79 Å². The monoisotopic (exact) mass is 283 g/mol. The molecule has 16 heavy (non-hydrogen) atoms. The maximum atomic E-state index is 11.8. The molecule has 88 valence electrons. The number of alkyl halides is 1. The zero-order valence-electron chi connectivity index (χ0n) is 9.79. The molecule has 0 fully saturated rings. The van der Waals surface area contributed by atoms with Gasteiger partial charge in [-0.15, -0.1) is 0 Å². The van der Waals surface area contributed by atoms with E-state index in [0.717, 1.165) is 24.0 Å². The largest absolute Gasteiger partial charge is 0.351 e. The van der Waals surface area contributed by atoms with Gasteiger partial charge in [-0.2, -0.15) is 0 Å². The first kappa shape index (κ1) is 13.2. The average molecular weight is 284 g/mol. The summed E-state index contributed by atoms with van der Waals surface area (Å²) in [5.41, 5.74) is 1.84. The SMILES string of the molecule is CCCC(Br)CNC(=O)c1cccc(C)c1. The van der Waals surface area contributed by atoms with Gasteiger partial charge in [-0.25, -0.2) is 0 Å². The van der Waals surface area contributed by atoms with Crippen molar-refractivity contribution in [2.75, 3.05) is 6.54 Å². The van der Waals surface area contributed by atoms with Crippen LogP contribution in [0.3, 0.4) is 0 Å². The molecule has 0 aliphatic carbocycles. The highest BCUT2D eigenvalue weighted by molar-refractivity contribution is 9.09. The third kappa shape index (κ3) is 4.35. The fourth-order valence-electron chi connectivity index (χ4n) is 1.51. The van der Waals surface area contributed by atoms with E-state index < -0.39 is 0 Å². The Labute approximate surface area is 106 Å². The topological polar surface area (TPSA) is 29.1 Å². The van der Waals surface area contributed by atoms with Gasteiger partial charge < -0.3 is 5.32 Å². The molecule has 0 aromatic heterocycles. The van der Waals surface area contributed by atoms with E-state index in [0.29, 0.717) is 11.4 Å². The highest BCUT2D eigenvalue weighted by Gasteiger charge is 2.07. The summed E-state index contributed by atoms with van der Waals surface area (Å²) in [5, 5.41) is 2.92. The number of amides is 1. The van der Waals surface area contributed by atoms with Crippen LogP contribution in [0, 0.1) is 6.92 Å². The van der Waals surface area contributed by atoms with Gasteiger partial charge in [-0.1, -0.05) is 47.0 Å². The quantitative estimate of drug-likeness (QED) is 0.826. The van der Waals surface area contributed by atoms with Crippen LogP contribution < -0.4 is 5.32 Å². The van der Waals surface area contributed by atoms with Crippen LogP contribution in [0.5, 0.6) is 0 Å². The van der Waals surface area contributed by atoms with Crippen molar-refractivity contribution in [3.05, 3.63) is 35.4 Å². The first-order chi connectivity index (χ1) is 7.63. The van der Waals surface area contributed by atoms with E-state index in [1.807, 2.05) is 31.2 Å². The average Bonchev–Trinajstić information content (AvgIpc) is 2.26. The maximum Gasteiger partial charge on any atom is 0.251 e. The Hall–Kier alpha value is -0.830. The molecule has 0 aliphatic heterocycles. The van der Waals surface area contributed by atoms with Crippen LogP contribution in [0.4, 0.5) is 0 Å². The summed E-state index contributed by atoms with van der Waals surface area (Å²) >= 11 is 3.54. The van der Waals surface area contributed by atoms with Gasteiger partial charge in [0.2, 0.25) is 0 Å². The van der Waals surface area contributed by atoms with E-state index >= 15 is 0 Å². The van der Waals surface area contributed by atoms with Gasteiger partial charge >= 0.3 is 0 Å². The van der Waals surface area contributed by atoms with Crippen molar-refractivity contribution in [3.8, 4) is 0 Å². The van der Waals surface area contributed by atoms with E-state index in [-0.39, 0.29) is 5.91 Å². The summed E-state index contributed by atoms with van der Waals surface area (Å²) in [7, 11) is 0. The van der Waals surface area contributed by atoms with Crippen molar-refractivity contribution in [1.82, 2.24) is 5.32 Å². The smallest absolute Gasteiger partial charge is 0.251 e. The Bertz CT molecular complexity index is 352. The minimum atomic E-state index is 0.00394. The second-order valence-electron chi connectivity index (χ2n) is 3.97. The molecule has 0 radical (unpaired) electrons. The summed E-state index contributed by atoms with van der Waals surface area (Å²) in [5.74, 6) is 0.00394. The molecule has 3 heteroatoms. The van der Waals surface area contributed by atoms with Crippen molar-refractivity contribution in [2.45, 2.75) is 31.5 Å². The molecule has 0 saturated carbocycles. The van der Waals surface area contributed by atoms with Crippen molar-refractivity contribution in [3.63, 3.8) is 0 Å². The fraction of sp³-hybridized carbons (Fsp3) is 0.462. The number of nitrogens with one attached hydrogen (secondary N) is 1. The summed E-state index contributed by atoms with van der Waals surface area (Å²) in [4.78, 5) is 12.1. The zero-order valence-corrected chi connectivity index (χ0v) is 11.4. The lowest BCUT2D eigenvalue weighted by molar-refractivity contribution is 0.0953. The predicted molar refractivity (Wildman–Crippen MR) is 71.1 cm³/mol. The number of carbonyl (C=O) groups is 1. The number of aryl methyl sites for hydroxylation is 1. The third-order valence-corrected chi connectivity index (χ3v) is 3.15. The number of benzene rings is 1. The minimum Gasteiger partial charge on any atom is -0.351 e. The maximum absolute atomic E-state index is 11.8. The number of hydrogen-bond donors (Lipinski definition) is 1. The van der Waals surface area contributed by atoms with Gasteiger partial charge in [0, 0.05) is 16.9 Å². The van der Waals surface area contributed by atoms with Crippen LogP contribution >= 0.6 is 15.9 Å². The van der Waals surface area contributed by atoms with Gasteiger partial charge in [0.25, 0.3) is 5.91 Å². The van der Waals surface area contributed by atoms with Crippen LogP contribution in [0.1, 0.15) is 35.7 Å². The molecule has 1 unspecified atom stereocenters. The summed E-state index contributed by atoms with van der Waals surface area (Å²) in [6, 6.07) is 7.63. The molecule has 1 aromatic rings. The lowest BCUT2D eigenvalue weighted by atomic mass is 10.1. The number of halogens is 1. The molecule has 1 rings (SSSR count). The molecule has 0 bridgehead atoms. The van der Waals surface area contributed by atoms with Gasteiger partial charge in [0.15, 0.2) is 0 Å². The lowest BCUT2D eigenvalue weighted by Gasteiger charge is -2.10. The molecule has 2 nitrogen and oxygen atoms in total. The summed E-state index contributed by atoms with van der Waals surface area (Å²) < 4.78 is 0. The highest BCUT2D eigenvalue weighted by atomic mass is 79.9. The summed E-state index contributed by atoms with van der Waals surface area (Å²) in [6.45, 7) is 4.80. The van der Waals surface area contributed by atoms with Gasteiger partial charge in [0.05, 0.1) is 0 Å². The molecular formula is C13H18BrNO. The van der Waals surface area contributed by atoms with E-state index in [9.17, 15) is 4.79 Å². The Kier molecular flexibility index (Phi) is 5.53. The fourth-order valence-corrected chi connectivity index (χ4v) is 2.13. The van der Waals surface area contributed by atoms with Crippen LogP contribution in [0.15, 0.2) is 24.3 Å². The highest BCUT2D eigenvalue weighted by Crippen LogP contribution is 2.07. The van der Waals surface area contributed by atoms with Gasteiger partial charge in [-0.05, 0) is 25.5 Å². The van der Waals surface area contributed by atoms with Crippen molar-refractivity contribution >= 4 is 21.8 Å². The molecule has 0 heterocycles. The van der Waals surface area contributed by atoms with Gasteiger partial charge in [-0.3, -0.25) is 4.79 Å². The van der Waals surface area contributed by atoms with E-state index in [1.54, 1.807) is 0 Å². The standard InChI is InChI=1S/C13H18BrNO/c1-3-5-12(14)9-15-13(16)11-7-4-6-10(2)8-11/h4,6-8,12H,3,5,9H2,1-2H3,(H,15,16). The number of hydrogen-bond acceptors (Lipinski definition) is 1. The Balaban J connectivity index is 2.47. The molecular weight excluding hydrogens is 266 g/mol. The molecule has 1 aromatic carbocycles. The second-order valence-corrected chi connectivity index (χ2v) is 5.26. The van der Waals surface area contributed by atoms with Crippen LogP contribution in [-0.2, 0) is 0 Å². The summed E-state index contributed by atoms with van der Waals surface area (Å²) in [6.07, 6.45) is 2.20. The molecule has 1 N–H and O–H groups in total. The molecule has 0 saturated heterocycles. The Morgan fingerprint density at radius 1 is 1.50 bits per heavy atom. The third-order valence-electron chi connectivity index (χ3n) is 2.37. The normalized spacial score (nSPS) is 12.2. The van der Waals surface area contributed by atoms with E-state index in [4.69, 9.17) is 0 Å². The first-order valence-electron chi connectivity index (χ1n) is 5.62. The van der Waals surface area contributed by atoms with E-state index in [2.05, 4.69) is 28.2 Å². The van der Waals surface area contributed by atoms with Crippen LogP contribution in [0.2, 0.25) is 0 Å². The predicted octanol–water partition coefficient (Wildman–Crippen LogP) is 3.29. The first-order valence-corrected chi connectivity index (χ1v) is 6.54. The Morgan fingerprint density at radius 2 is 2.25 bits per heavy atom. The molecule has 1 amide bonds. The van der Waals surface area contributed by atoms with Gasteiger partial charge in [0.1, 0.15) is 0 Å². The lowest BCUT2D eigenvalue weighted by Crippen LogP contribution is -2.29.